The summed E-state index contributed by atoms with van der Waals surface area (Å²) in [6.45, 7) is 1.97. The molecule has 1 aliphatic rings. The van der Waals surface area contributed by atoms with Crippen molar-refractivity contribution in [1.29, 1.82) is 0 Å². The molecule has 3 heterocycles. The Labute approximate surface area is 116 Å². The van der Waals surface area contributed by atoms with Gasteiger partial charge in [-0.25, -0.2) is 4.98 Å². The van der Waals surface area contributed by atoms with Crippen LogP contribution in [0.15, 0.2) is 23.6 Å². The Morgan fingerprint density at radius 3 is 3.05 bits per heavy atom. The molecule has 1 unspecified atom stereocenters. The van der Waals surface area contributed by atoms with Crippen LogP contribution in [0.1, 0.15) is 6.42 Å². The number of nitrogens with one attached hydrogen (secondary N) is 1. The van der Waals surface area contributed by atoms with Crippen LogP contribution < -0.4 is 16.0 Å². The Bertz CT molecular complexity index is 554. The second-order valence-corrected chi connectivity index (χ2v) is 5.61. The van der Waals surface area contributed by atoms with Crippen LogP contribution >= 0.6 is 11.3 Å². The van der Waals surface area contributed by atoms with Crippen LogP contribution in [0.4, 0.5) is 11.8 Å². The van der Waals surface area contributed by atoms with E-state index in [2.05, 4.69) is 26.3 Å². The fourth-order valence-electron chi connectivity index (χ4n) is 2.37. The minimum Gasteiger partial charge on any atom is -0.368 e. The Morgan fingerprint density at radius 2 is 2.37 bits per heavy atom. The average molecular weight is 275 g/mol. The summed E-state index contributed by atoms with van der Waals surface area (Å²) in [6.07, 6.45) is 1.13. The zero-order valence-electron chi connectivity index (χ0n) is 10.8. The second kappa shape index (κ2) is 5.14. The number of hydrogen-bond donors (Lipinski definition) is 2. The van der Waals surface area contributed by atoms with Gasteiger partial charge in [0.05, 0.1) is 10.6 Å². The van der Waals surface area contributed by atoms with Crippen LogP contribution in [-0.4, -0.2) is 36.1 Å². The third-order valence-corrected chi connectivity index (χ3v) is 4.32. The van der Waals surface area contributed by atoms with E-state index in [1.165, 1.54) is 0 Å². The average Bonchev–Trinajstić information content (AvgIpc) is 3.09. The van der Waals surface area contributed by atoms with E-state index in [1.54, 1.807) is 11.3 Å². The Balaban J connectivity index is 1.90. The summed E-state index contributed by atoms with van der Waals surface area (Å²) in [6, 6.07) is 6.63. The third kappa shape index (κ3) is 2.54. The molecule has 0 amide bonds. The van der Waals surface area contributed by atoms with Crippen molar-refractivity contribution in [2.75, 3.05) is 30.8 Å². The van der Waals surface area contributed by atoms with Crippen LogP contribution in [0.5, 0.6) is 0 Å². The summed E-state index contributed by atoms with van der Waals surface area (Å²) in [5.41, 5.74) is 6.75. The Kier molecular flexibility index (Phi) is 3.35. The standard InChI is InChI=1S/C13H17N5S/c1-15-9-4-5-18(8-9)12-7-10(16-13(14)17-12)11-3-2-6-19-11/h2-3,6-7,9,15H,4-5,8H2,1H3,(H2,14,16,17). The van der Waals surface area contributed by atoms with Crippen LogP contribution in [0.2, 0.25) is 0 Å². The predicted octanol–water partition coefficient (Wildman–Crippen LogP) is 1.59. The lowest BCUT2D eigenvalue weighted by molar-refractivity contribution is 0.616. The molecule has 1 atom stereocenters. The van der Waals surface area contributed by atoms with E-state index >= 15 is 0 Å². The van der Waals surface area contributed by atoms with Crippen molar-refractivity contribution >= 4 is 23.1 Å². The highest BCUT2D eigenvalue weighted by Crippen LogP contribution is 2.27. The van der Waals surface area contributed by atoms with Gasteiger partial charge in [-0.2, -0.15) is 4.98 Å². The number of likely N-dealkylation sites (N-methyl/N-ethyl adjacent to an activating group) is 1. The van der Waals surface area contributed by atoms with Crippen molar-refractivity contribution in [3.8, 4) is 10.6 Å². The van der Waals surface area contributed by atoms with Crippen LogP contribution in [0, 0.1) is 0 Å². The summed E-state index contributed by atoms with van der Waals surface area (Å²) < 4.78 is 0. The molecule has 5 nitrogen and oxygen atoms in total. The molecule has 19 heavy (non-hydrogen) atoms. The summed E-state index contributed by atoms with van der Waals surface area (Å²) >= 11 is 1.66. The number of nitrogens with two attached hydrogens (primary N) is 1. The van der Waals surface area contributed by atoms with Gasteiger partial charge in [0.1, 0.15) is 5.82 Å². The topological polar surface area (TPSA) is 67.1 Å². The van der Waals surface area contributed by atoms with E-state index in [0.29, 0.717) is 12.0 Å². The third-order valence-electron chi connectivity index (χ3n) is 3.42. The number of nitrogens with zero attached hydrogens (tertiary/aromatic N) is 3. The van der Waals surface area contributed by atoms with Crippen molar-refractivity contribution < 1.29 is 0 Å². The molecule has 3 rings (SSSR count). The summed E-state index contributed by atoms with van der Waals surface area (Å²) in [5, 5.41) is 5.35. The van der Waals surface area contributed by atoms with Gasteiger partial charge >= 0.3 is 0 Å². The first-order valence-electron chi connectivity index (χ1n) is 6.37. The number of aromatic nitrogens is 2. The minimum absolute atomic E-state index is 0.341. The molecule has 0 aromatic carbocycles. The monoisotopic (exact) mass is 275 g/mol. The van der Waals surface area contributed by atoms with Gasteiger partial charge in [0, 0.05) is 25.2 Å². The van der Waals surface area contributed by atoms with E-state index in [0.717, 1.165) is 35.9 Å². The first kappa shape index (κ1) is 12.4. The molecule has 0 spiro atoms. The van der Waals surface area contributed by atoms with E-state index in [-0.39, 0.29) is 0 Å². The maximum Gasteiger partial charge on any atom is 0.222 e. The van der Waals surface area contributed by atoms with Crippen molar-refractivity contribution in [1.82, 2.24) is 15.3 Å². The second-order valence-electron chi connectivity index (χ2n) is 4.67. The zero-order chi connectivity index (χ0) is 13.2. The molecule has 1 saturated heterocycles. The van der Waals surface area contributed by atoms with Crippen molar-refractivity contribution in [3.63, 3.8) is 0 Å². The molecule has 0 aliphatic carbocycles. The molecule has 2 aromatic heterocycles. The lowest BCUT2D eigenvalue weighted by Gasteiger charge is -2.18. The smallest absolute Gasteiger partial charge is 0.222 e. The van der Waals surface area contributed by atoms with Gasteiger partial charge in [-0.3, -0.25) is 0 Å². The van der Waals surface area contributed by atoms with E-state index < -0.39 is 0 Å². The molecular formula is C13H17N5S. The lowest BCUT2D eigenvalue weighted by Crippen LogP contribution is -2.30. The molecule has 0 bridgehead atoms. The largest absolute Gasteiger partial charge is 0.368 e. The maximum atomic E-state index is 5.84. The molecule has 6 heteroatoms. The van der Waals surface area contributed by atoms with E-state index in [1.807, 2.05) is 24.6 Å². The lowest BCUT2D eigenvalue weighted by atomic mass is 10.3. The highest BCUT2D eigenvalue weighted by Gasteiger charge is 2.22. The number of thiophene rings is 1. The van der Waals surface area contributed by atoms with Crippen molar-refractivity contribution in [2.24, 2.45) is 0 Å². The normalized spacial score (nSPS) is 19.0. The number of rotatable bonds is 3. The van der Waals surface area contributed by atoms with Gasteiger partial charge in [-0.05, 0) is 24.9 Å². The number of hydrogen-bond acceptors (Lipinski definition) is 6. The quantitative estimate of drug-likeness (QED) is 0.890. The molecular weight excluding hydrogens is 258 g/mol. The van der Waals surface area contributed by atoms with E-state index in [4.69, 9.17) is 5.73 Å². The zero-order valence-corrected chi connectivity index (χ0v) is 11.7. The summed E-state index contributed by atoms with van der Waals surface area (Å²) in [7, 11) is 2.00. The van der Waals surface area contributed by atoms with Crippen molar-refractivity contribution in [2.45, 2.75) is 12.5 Å². The van der Waals surface area contributed by atoms with Gasteiger partial charge in [0.2, 0.25) is 5.95 Å². The fraction of sp³-hybridized carbons (Fsp3) is 0.385. The van der Waals surface area contributed by atoms with Crippen LogP contribution in [0.3, 0.4) is 0 Å². The molecule has 100 valence electrons. The first-order chi connectivity index (χ1) is 9.26. The Morgan fingerprint density at radius 1 is 1.47 bits per heavy atom. The molecule has 1 fully saturated rings. The van der Waals surface area contributed by atoms with Gasteiger partial charge in [0.15, 0.2) is 0 Å². The molecule has 1 aliphatic heterocycles. The first-order valence-corrected chi connectivity index (χ1v) is 7.25. The maximum absolute atomic E-state index is 5.84. The van der Waals surface area contributed by atoms with Crippen LogP contribution in [-0.2, 0) is 0 Å². The minimum atomic E-state index is 0.341. The predicted molar refractivity (Wildman–Crippen MR) is 79.4 cm³/mol. The fourth-order valence-corrected chi connectivity index (χ4v) is 3.06. The molecule has 0 saturated carbocycles. The van der Waals surface area contributed by atoms with Gasteiger partial charge in [0.25, 0.3) is 0 Å². The Hall–Kier alpha value is -1.66. The van der Waals surface area contributed by atoms with Gasteiger partial charge in [-0.15, -0.1) is 11.3 Å². The summed E-state index contributed by atoms with van der Waals surface area (Å²) in [4.78, 5) is 12.1. The number of anilines is 2. The van der Waals surface area contributed by atoms with E-state index in [9.17, 15) is 0 Å². The summed E-state index contributed by atoms with van der Waals surface area (Å²) in [5.74, 6) is 1.27. The number of nitrogen functional groups attached to an aromatic ring is 1. The van der Waals surface area contributed by atoms with Crippen LogP contribution in [0.25, 0.3) is 10.6 Å². The molecule has 0 radical (unpaired) electrons. The van der Waals surface area contributed by atoms with Gasteiger partial charge < -0.3 is 16.0 Å². The van der Waals surface area contributed by atoms with Gasteiger partial charge in [-0.1, -0.05) is 6.07 Å². The molecule has 2 aromatic rings. The highest BCUT2D eigenvalue weighted by atomic mass is 32.1. The van der Waals surface area contributed by atoms with Crippen molar-refractivity contribution in [3.05, 3.63) is 23.6 Å². The molecule has 3 N–H and O–H groups in total. The SMILES string of the molecule is CNC1CCN(c2cc(-c3cccs3)nc(N)n2)C1. The highest BCUT2D eigenvalue weighted by molar-refractivity contribution is 7.13.